The first-order valence-electron chi connectivity index (χ1n) is 6.08. The molecule has 1 atom stereocenters. The van der Waals surface area contributed by atoms with Crippen molar-refractivity contribution in [2.75, 3.05) is 18.1 Å². The number of sulfone groups is 1. The summed E-state index contributed by atoms with van der Waals surface area (Å²) in [6.45, 7) is 1.12. The lowest BCUT2D eigenvalue weighted by Crippen LogP contribution is -2.44. The molecule has 0 saturated carbocycles. The zero-order chi connectivity index (χ0) is 14.9. The molecule has 20 heavy (non-hydrogen) atoms. The standard InChI is InChI=1S/C12H15NO6S/c1-8-2-3-10(19-8)12(16)13(6-11(14)15)9-4-5-20(17,18)7-9/h2-3,9H,4-7H2,1H3,(H,14,15). The highest BCUT2D eigenvalue weighted by atomic mass is 32.2. The lowest BCUT2D eigenvalue weighted by atomic mass is 10.2. The Morgan fingerprint density at radius 1 is 1.45 bits per heavy atom. The van der Waals surface area contributed by atoms with Gasteiger partial charge in [-0.1, -0.05) is 0 Å². The highest BCUT2D eigenvalue weighted by Gasteiger charge is 2.36. The summed E-state index contributed by atoms with van der Waals surface area (Å²) in [4.78, 5) is 24.2. The molecule has 0 spiro atoms. The number of carbonyl (C=O) groups excluding carboxylic acids is 1. The molecule has 1 aromatic rings. The van der Waals surface area contributed by atoms with Gasteiger partial charge in [0.1, 0.15) is 12.3 Å². The molecule has 1 aromatic heterocycles. The topological polar surface area (TPSA) is 105 Å². The molecule has 2 rings (SSSR count). The van der Waals surface area contributed by atoms with Gasteiger partial charge in [0.2, 0.25) is 0 Å². The fourth-order valence-corrected chi connectivity index (χ4v) is 3.96. The molecule has 0 aromatic carbocycles. The van der Waals surface area contributed by atoms with Crippen LogP contribution in [0.15, 0.2) is 16.5 Å². The van der Waals surface area contributed by atoms with Crippen molar-refractivity contribution < 1.29 is 27.5 Å². The van der Waals surface area contributed by atoms with E-state index < -0.39 is 34.3 Å². The number of hydrogen-bond acceptors (Lipinski definition) is 5. The van der Waals surface area contributed by atoms with Gasteiger partial charge >= 0.3 is 5.97 Å². The van der Waals surface area contributed by atoms with Crippen LogP contribution in [-0.2, 0) is 14.6 Å². The normalized spacial score (nSPS) is 20.8. The van der Waals surface area contributed by atoms with E-state index in [0.717, 1.165) is 4.90 Å². The average Bonchev–Trinajstić information content (AvgIpc) is 2.91. The molecule has 1 saturated heterocycles. The van der Waals surface area contributed by atoms with E-state index in [9.17, 15) is 18.0 Å². The molecule has 7 nitrogen and oxygen atoms in total. The van der Waals surface area contributed by atoms with Gasteiger partial charge in [-0.3, -0.25) is 9.59 Å². The number of aliphatic carboxylic acids is 1. The third-order valence-electron chi connectivity index (χ3n) is 3.17. The molecule has 1 unspecified atom stereocenters. The summed E-state index contributed by atoms with van der Waals surface area (Å²) in [6.07, 6.45) is 0.251. The van der Waals surface area contributed by atoms with E-state index in [-0.39, 0.29) is 23.7 Å². The van der Waals surface area contributed by atoms with E-state index >= 15 is 0 Å². The molecule has 0 bridgehead atoms. The first-order valence-corrected chi connectivity index (χ1v) is 7.90. The largest absolute Gasteiger partial charge is 0.480 e. The Balaban J connectivity index is 2.24. The van der Waals surface area contributed by atoms with Crippen molar-refractivity contribution in [3.63, 3.8) is 0 Å². The quantitative estimate of drug-likeness (QED) is 0.857. The van der Waals surface area contributed by atoms with Crippen molar-refractivity contribution in [3.8, 4) is 0 Å². The molecule has 1 aliphatic rings. The zero-order valence-electron chi connectivity index (χ0n) is 10.9. The summed E-state index contributed by atoms with van der Waals surface area (Å²) in [5, 5.41) is 8.90. The molecular weight excluding hydrogens is 286 g/mol. The molecule has 1 fully saturated rings. The molecular formula is C12H15NO6S. The van der Waals surface area contributed by atoms with E-state index in [4.69, 9.17) is 9.52 Å². The van der Waals surface area contributed by atoms with Gasteiger partial charge < -0.3 is 14.4 Å². The van der Waals surface area contributed by atoms with Crippen molar-refractivity contribution in [3.05, 3.63) is 23.7 Å². The van der Waals surface area contributed by atoms with Crippen molar-refractivity contribution in [1.82, 2.24) is 4.90 Å². The molecule has 0 aliphatic carbocycles. The van der Waals surface area contributed by atoms with Crippen LogP contribution in [0.1, 0.15) is 22.7 Å². The third kappa shape index (κ3) is 3.19. The molecule has 110 valence electrons. The van der Waals surface area contributed by atoms with Crippen LogP contribution >= 0.6 is 0 Å². The number of furan rings is 1. The highest BCUT2D eigenvalue weighted by Crippen LogP contribution is 2.20. The second-order valence-corrected chi connectivity index (χ2v) is 7.02. The van der Waals surface area contributed by atoms with Gasteiger partial charge in [-0.15, -0.1) is 0 Å². The fraction of sp³-hybridized carbons (Fsp3) is 0.500. The highest BCUT2D eigenvalue weighted by molar-refractivity contribution is 7.91. The molecule has 1 amide bonds. The second kappa shape index (κ2) is 5.28. The Morgan fingerprint density at radius 3 is 2.60 bits per heavy atom. The van der Waals surface area contributed by atoms with Crippen LogP contribution in [0.5, 0.6) is 0 Å². The maximum absolute atomic E-state index is 12.3. The SMILES string of the molecule is Cc1ccc(C(=O)N(CC(=O)O)C2CCS(=O)(=O)C2)o1. The van der Waals surface area contributed by atoms with Gasteiger partial charge in [-0.05, 0) is 25.5 Å². The molecule has 0 radical (unpaired) electrons. The van der Waals surface area contributed by atoms with E-state index in [1.54, 1.807) is 13.0 Å². The summed E-state index contributed by atoms with van der Waals surface area (Å²) in [6, 6.07) is 2.43. The Labute approximate surface area is 116 Å². The average molecular weight is 301 g/mol. The Kier molecular flexibility index (Phi) is 3.85. The van der Waals surface area contributed by atoms with Crippen LogP contribution in [-0.4, -0.2) is 54.4 Å². The number of carboxylic acids is 1. The van der Waals surface area contributed by atoms with Gasteiger partial charge in [-0.25, -0.2) is 8.42 Å². The van der Waals surface area contributed by atoms with Crippen molar-refractivity contribution in [2.45, 2.75) is 19.4 Å². The van der Waals surface area contributed by atoms with E-state index in [2.05, 4.69) is 0 Å². The monoisotopic (exact) mass is 301 g/mol. The van der Waals surface area contributed by atoms with Crippen LogP contribution in [0.3, 0.4) is 0 Å². The Morgan fingerprint density at radius 2 is 2.15 bits per heavy atom. The minimum Gasteiger partial charge on any atom is -0.480 e. The van der Waals surface area contributed by atoms with Gasteiger partial charge in [-0.2, -0.15) is 0 Å². The van der Waals surface area contributed by atoms with Crippen molar-refractivity contribution >= 4 is 21.7 Å². The third-order valence-corrected chi connectivity index (χ3v) is 4.92. The van der Waals surface area contributed by atoms with E-state index in [1.807, 2.05) is 0 Å². The van der Waals surface area contributed by atoms with E-state index in [0.29, 0.717) is 5.76 Å². The number of amides is 1. The smallest absolute Gasteiger partial charge is 0.323 e. The molecule has 8 heteroatoms. The first-order chi connectivity index (χ1) is 9.28. The van der Waals surface area contributed by atoms with Gasteiger partial charge in [0, 0.05) is 6.04 Å². The van der Waals surface area contributed by atoms with Gasteiger partial charge in [0.25, 0.3) is 5.91 Å². The predicted molar refractivity (Wildman–Crippen MR) is 69.2 cm³/mol. The maximum Gasteiger partial charge on any atom is 0.323 e. The summed E-state index contributed by atoms with van der Waals surface area (Å²) >= 11 is 0. The summed E-state index contributed by atoms with van der Waals surface area (Å²) < 4.78 is 28.2. The number of rotatable bonds is 4. The lowest BCUT2D eigenvalue weighted by molar-refractivity contribution is -0.138. The summed E-state index contributed by atoms with van der Waals surface area (Å²) in [5.41, 5.74) is 0. The number of nitrogens with zero attached hydrogens (tertiary/aromatic N) is 1. The lowest BCUT2D eigenvalue weighted by Gasteiger charge is -2.25. The number of hydrogen-bond donors (Lipinski definition) is 1. The second-order valence-electron chi connectivity index (χ2n) is 4.79. The minimum absolute atomic E-state index is 0.0213. The molecule has 2 heterocycles. The van der Waals surface area contributed by atoms with Crippen LogP contribution in [0.25, 0.3) is 0 Å². The minimum atomic E-state index is -3.20. The molecule has 1 N–H and O–H groups in total. The van der Waals surface area contributed by atoms with Crippen LogP contribution in [0, 0.1) is 6.92 Å². The van der Waals surface area contributed by atoms with Crippen LogP contribution in [0.4, 0.5) is 0 Å². The van der Waals surface area contributed by atoms with Crippen LogP contribution in [0.2, 0.25) is 0 Å². The first kappa shape index (κ1) is 14.6. The summed E-state index contributed by atoms with van der Waals surface area (Å²) in [5.74, 6) is -1.46. The maximum atomic E-state index is 12.3. The van der Waals surface area contributed by atoms with E-state index in [1.165, 1.54) is 6.07 Å². The Hall–Kier alpha value is -1.83. The molecule has 1 aliphatic heterocycles. The van der Waals surface area contributed by atoms with Crippen molar-refractivity contribution in [2.24, 2.45) is 0 Å². The summed E-state index contributed by atoms with van der Waals surface area (Å²) in [7, 11) is -3.20. The Bertz CT molecular complexity index is 632. The fourth-order valence-electron chi connectivity index (χ4n) is 2.22. The van der Waals surface area contributed by atoms with Crippen molar-refractivity contribution in [1.29, 1.82) is 0 Å². The van der Waals surface area contributed by atoms with Gasteiger partial charge in [0.05, 0.1) is 11.5 Å². The number of carboxylic acid groups (broad SMARTS) is 1. The number of aryl methyl sites for hydroxylation is 1. The zero-order valence-corrected chi connectivity index (χ0v) is 11.7. The predicted octanol–water partition coefficient (Wildman–Crippen LogP) is 0.302. The number of carbonyl (C=O) groups is 2. The van der Waals surface area contributed by atoms with Crippen LogP contribution < -0.4 is 0 Å². The van der Waals surface area contributed by atoms with Gasteiger partial charge in [0.15, 0.2) is 15.6 Å².